The second-order valence-corrected chi connectivity index (χ2v) is 7.02. The van der Waals surface area contributed by atoms with Gasteiger partial charge in [0.1, 0.15) is 0 Å². The zero-order valence-corrected chi connectivity index (χ0v) is 16.2. The number of hydrogen-bond acceptors (Lipinski definition) is 4. The second-order valence-electron chi connectivity index (χ2n) is 7.02. The first-order chi connectivity index (χ1) is 14.9. The third kappa shape index (κ3) is 4.46. The van der Waals surface area contributed by atoms with Gasteiger partial charge in [-0.25, -0.2) is 0 Å². The maximum absolute atomic E-state index is 13.2. The molecule has 0 amide bonds. The van der Waals surface area contributed by atoms with Gasteiger partial charge >= 0.3 is 6.18 Å². The van der Waals surface area contributed by atoms with Gasteiger partial charge in [-0.1, -0.05) is 30.3 Å². The lowest BCUT2D eigenvalue weighted by Crippen LogP contribution is -2.14. The van der Waals surface area contributed by atoms with Crippen LogP contribution in [0.4, 0.5) is 13.2 Å². The van der Waals surface area contributed by atoms with Crippen molar-refractivity contribution in [1.29, 1.82) is 0 Å². The molecule has 1 atom stereocenters. The molecule has 0 saturated carbocycles. The van der Waals surface area contributed by atoms with E-state index in [0.29, 0.717) is 11.3 Å². The minimum atomic E-state index is -4.47. The Morgan fingerprint density at radius 2 is 1.42 bits per heavy atom. The van der Waals surface area contributed by atoms with E-state index in [1.165, 1.54) is 12.3 Å². The highest BCUT2D eigenvalue weighted by Crippen LogP contribution is 2.40. The Balaban J connectivity index is 1.83. The summed E-state index contributed by atoms with van der Waals surface area (Å²) in [6, 6.07) is 15.5. The van der Waals surface area contributed by atoms with E-state index in [0.717, 1.165) is 23.3 Å². The monoisotopic (exact) mass is 421 g/mol. The fourth-order valence-corrected chi connectivity index (χ4v) is 3.60. The zero-order chi connectivity index (χ0) is 21.8. The smallest absolute Gasteiger partial charge is 0.387 e. The van der Waals surface area contributed by atoms with E-state index >= 15 is 0 Å². The molecule has 1 aromatic carbocycles. The largest absolute Gasteiger partial charge is 0.416 e. The normalized spacial score (nSPS) is 12.7. The number of nitrogens with zero attached hydrogens (tertiary/aromatic N) is 3. The van der Waals surface area contributed by atoms with Gasteiger partial charge in [0, 0.05) is 48.0 Å². The molecule has 0 radical (unpaired) electrons. The number of halogens is 3. The van der Waals surface area contributed by atoms with Gasteiger partial charge in [-0.05, 0) is 41.5 Å². The average Bonchev–Trinajstić information content (AvgIpc) is 2.80. The third-order valence-corrected chi connectivity index (χ3v) is 5.02. The first-order valence-electron chi connectivity index (χ1n) is 9.55. The van der Waals surface area contributed by atoms with E-state index in [9.17, 15) is 18.3 Å². The van der Waals surface area contributed by atoms with Crippen molar-refractivity contribution >= 4 is 0 Å². The summed E-state index contributed by atoms with van der Waals surface area (Å²) >= 11 is 0. The number of alkyl halides is 3. The number of aliphatic hydroxyl groups is 1. The lowest BCUT2D eigenvalue weighted by atomic mass is 9.83. The second kappa shape index (κ2) is 8.65. The molecule has 1 N–H and O–H groups in total. The van der Waals surface area contributed by atoms with Crippen LogP contribution in [0.3, 0.4) is 0 Å². The van der Waals surface area contributed by atoms with Crippen LogP contribution in [-0.4, -0.2) is 20.1 Å². The van der Waals surface area contributed by atoms with Gasteiger partial charge in [-0.3, -0.25) is 15.0 Å². The number of hydrogen-bond donors (Lipinski definition) is 1. The highest BCUT2D eigenvalue weighted by Gasteiger charge is 2.32. The third-order valence-electron chi connectivity index (χ3n) is 5.02. The molecular formula is C24H18F3N3O. The summed E-state index contributed by atoms with van der Waals surface area (Å²) in [7, 11) is 0. The molecule has 0 spiro atoms. The van der Waals surface area contributed by atoms with Gasteiger partial charge < -0.3 is 5.11 Å². The fourth-order valence-electron chi connectivity index (χ4n) is 3.60. The van der Waals surface area contributed by atoms with Crippen LogP contribution < -0.4 is 0 Å². The molecule has 0 aliphatic rings. The minimum absolute atomic E-state index is 0.278. The molecule has 0 saturated heterocycles. The van der Waals surface area contributed by atoms with Crippen molar-refractivity contribution in [2.24, 2.45) is 0 Å². The summed E-state index contributed by atoms with van der Waals surface area (Å²) in [6.07, 6.45) is 2.50. The van der Waals surface area contributed by atoms with E-state index in [4.69, 9.17) is 0 Å². The molecule has 0 aliphatic heterocycles. The first kappa shape index (κ1) is 20.7. The molecule has 4 nitrogen and oxygen atoms in total. The quantitative estimate of drug-likeness (QED) is 0.467. The highest BCUT2D eigenvalue weighted by molar-refractivity contribution is 5.65. The van der Waals surface area contributed by atoms with Crippen molar-refractivity contribution in [3.05, 3.63) is 114 Å². The molecule has 0 bridgehead atoms. The van der Waals surface area contributed by atoms with Crippen LogP contribution in [0.15, 0.2) is 91.6 Å². The van der Waals surface area contributed by atoms with Crippen molar-refractivity contribution < 1.29 is 18.3 Å². The van der Waals surface area contributed by atoms with Gasteiger partial charge in [0.15, 0.2) is 0 Å². The van der Waals surface area contributed by atoms with Gasteiger partial charge in [-0.2, -0.15) is 13.2 Å². The summed E-state index contributed by atoms with van der Waals surface area (Å²) in [4.78, 5) is 12.6. The van der Waals surface area contributed by atoms with E-state index in [1.54, 1.807) is 55.1 Å². The Morgan fingerprint density at radius 1 is 0.774 bits per heavy atom. The molecule has 4 aromatic rings. The van der Waals surface area contributed by atoms with Crippen molar-refractivity contribution in [3.63, 3.8) is 0 Å². The summed E-state index contributed by atoms with van der Waals surface area (Å²) in [5.74, 6) is -0.531. The van der Waals surface area contributed by atoms with Crippen molar-refractivity contribution in [2.75, 3.05) is 0 Å². The van der Waals surface area contributed by atoms with E-state index in [1.807, 2.05) is 12.1 Å². The van der Waals surface area contributed by atoms with Crippen LogP contribution in [0.25, 0.3) is 11.3 Å². The van der Waals surface area contributed by atoms with Crippen molar-refractivity contribution in [3.8, 4) is 11.3 Å². The van der Waals surface area contributed by atoms with Crippen LogP contribution in [0, 0.1) is 0 Å². The van der Waals surface area contributed by atoms with Crippen LogP contribution in [-0.2, 0) is 6.18 Å². The Labute approximate surface area is 177 Å². The van der Waals surface area contributed by atoms with Gasteiger partial charge in [-0.15, -0.1) is 0 Å². The predicted octanol–water partition coefficient (Wildman–Crippen LogP) is 5.42. The topological polar surface area (TPSA) is 58.9 Å². The molecule has 7 heteroatoms. The Kier molecular flexibility index (Phi) is 5.77. The van der Waals surface area contributed by atoms with E-state index in [-0.39, 0.29) is 5.56 Å². The molecule has 31 heavy (non-hydrogen) atoms. The molecule has 3 heterocycles. The number of aliphatic hydroxyl groups excluding tert-OH is 1. The van der Waals surface area contributed by atoms with E-state index < -0.39 is 23.8 Å². The highest BCUT2D eigenvalue weighted by atomic mass is 19.4. The Morgan fingerprint density at radius 3 is 2.00 bits per heavy atom. The van der Waals surface area contributed by atoms with Crippen LogP contribution in [0.2, 0.25) is 0 Å². The van der Waals surface area contributed by atoms with Crippen LogP contribution in [0.1, 0.15) is 34.3 Å². The number of rotatable bonds is 5. The van der Waals surface area contributed by atoms with Gasteiger partial charge in [0.05, 0.1) is 17.4 Å². The predicted molar refractivity (Wildman–Crippen MR) is 110 cm³/mol. The number of pyridine rings is 3. The standard InChI is InChI=1S/C24H18F3N3O/c25-24(26,27)19-8-1-5-16(13-19)22-20(9-4-12-30-22)23(31)21(17-6-2-10-28-14-17)18-7-3-11-29-15-18/h1-15,21,23,31H. The minimum Gasteiger partial charge on any atom is -0.387 e. The molecule has 1 unspecified atom stereocenters. The van der Waals surface area contributed by atoms with Crippen LogP contribution >= 0.6 is 0 Å². The zero-order valence-electron chi connectivity index (χ0n) is 16.2. The summed E-state index contributed by atoms with van der Waals surface area (Å²) in [5, 5.41) is 11.4. The molecule has 0 fully saturated rings. The molecule has 3 aromatic heterocycles. The molecular weight excluding hydrogens is 403 g/mol. The van der Waals surface area contributed by atoms with Crippen LogP contribution in [0.5, 0.6) is 0 Å². The number of benzene rings is 1. The molecule has 4 rings (SSSR count). The maximum Gasteiger partial charge on any atom is 0.416 e. The lowest BCUT2D eigenvalue weighted by molar-refractivity contribution is -0.137. The Hall–Kier alpha value is -3.58. The van der Waals surface area contributed by atoms with Gasteiger partial charge in [0.25, 0.3) is 0 Å². The molecule has 156 valence electrons. The first-order valence-corrected chi connectivity index (χ1v) is 9.55. The van der Waals surface area contributed by atoms with Crippen molar-refractivity contribution in [1.82, 2.24) is 15.0 Å². The maximum atomic E-state index is 13.2. The van der Waals surface area contributed by atoms with Gasteiger partial charge in [0.2, 0.25) is 0 Å². The fraction of sp³-hybridized carbons (Fsp3) is 0.125. The summed E-state index contributed by atoms with van der Waals surface area (Å²) in [6.45, 7) is 0. The summed E-state index contributed by atoms with van der Waals surface area (Å²) < 4.78 is 39.7. The SMILES string of the molecule is OC(c1cccnc1-c1cccc(C(F)(F)F)c1)C(c1cccnc1)c1cccnc1. The molecule has 0 aliphatic carbocycles. The lowest BCUT2D eigenvalue weighted by Gasteiger charge is -2.25. The Bertz CT molecular complexity index is 1110. The number of aromatic nitrogens is 3. The van der Waals surface area contributed by atoms with E-state index in [2.05, 4.69) is 15.0 Å². The average molecular weight is 421 g/mol. The van der Waals surface area contributed by atoms with Crippen molar-refractivity contribution in [2.45, 2.75) is 18.2 Å². The summed E-state index contributed by atoms with van der Waals surface area (Å²) in [5.41, 5.74) is 1.72.